The van der Waals surface area contributed by atoms with E-state index in [1.54, 1.807) is 6.07 Å². The highest BCUT2D eigenvalue weighted by Gasteiger charge is 2.57. The lowest BCUT2D eigenvalue weighted by molar-refractivity contribution is 0.558. The molecule has 2 heteroatoms. The molecule has 0 radical (unpaired) electrons. The number of rotatable bonds is 2. The smallest absolute Gasteiger partial charge is 0.126 e. The van der Waals surface area contributed by atoms with Gasteiger partial charge in [-0.25, -0.2) is 4.39 Å². The molecule has 0 amide bonds. The van der Waals surface area contributed by atoms with E-state index in [9.17, 15) is 4.39 Å². The number of hydrogen-bond donors (Lipinski definition) is 1. The quantitative estimate of drug-likeness (QED) is 0.793. The number of nitrogens with two attached hydrogens (primary N) is 1. The summed E-state index contributed by atoms with van der Waals surface area (Å²) in [6, 6.07) is 5.41. The summed E-state index contributed by atoms with van der Waals surface area (Å²) < 4.78 is 13.1. The van der Waals surface area contributed by atoms with E-state index in [2.05, 4.69) is 13.8 Å². The molecule has 2 N–H and O–H groups in total. The molecule has 1 nitrogen and oxygen atoms in total. The predicted octanol–water partition coefficient (Wildman–Crippen LogP) is 2.83. The second kappa shape index (κ2) is 3.31. The van der Waals surface area contributed by atoms with E-state index in [4.69, 9.17) is 5.73 Å². The van der Waals surface area contributed by atoms with Crippen LogP contribution in [0.2, 0.25) is 0 Å². The molecule has 2 rings (SSSR count). The average Bonchev–Trinajstić information content (AvgIpc) is 2.73. The number of hydrogen-bond acceptors (Lipinski definition) is 1. The molecule has 2 atom stereocenters. The van der Waals surface area contributed by atoms with Crippen molar-refractivity contribution in [3.8, 4) is 0 Å². The minimum absolute atomic E-state index is 0.124. The van der Waals surface area contributed by atoms with Crippen molar-refractivity contribution < 1.29 is 4.39 Å². The first-order valence-corrected chi connectivity index (χ1v) is 5.44. The Bertz CT molecular complexity index is 384. The Labute approximate surface area is 90.5 Å². The zero-order valence-electron chi connectivity index (χ0n) is 9.55. The maximum Gasteiger partial charge on any atom is 0.126 e. The Hall–Kier alpha value is -0.890. The molecule has 0 bridgehead atoms. The van der Waals surface area contributed by atoms with Crippen LogP contribution in [0, 0.1) is 24.1 Å². The van der Waals surface area contributed by atoms with Crippen LogP contribution in [0.15, 0.2) is 18.2 Å². The fourth-order valence-electron chi connectivity index (χ4n) is 2.71. The van der Waals surface area contributed by atoms with E-state index in [0.717, 1.165) is 5.56 Å². The van der Waals surface area contributed by atoms with E-state index in [0.29, 0.717) is 18.4 Å². The third-order valence-electron chi connectivity index (χ3n) is 3.85. The first-order chi connectivity index (χ1) is 6.98. The Kier molecular flexibility index (Phi) is 2.34. The summed E-state index contributed by atoms with van der Waals surface area (Å²) in [6.07, 6.45) is 0. The van der Waals surface area contributed by atoms with Crippen molar-refractivity contribution >= 4 is 0 Å². The van der Waals surface area contributed by atoms with Gasteiger partial charge in [0.1, 0.15) is 5.82 Å². The van der Waals surface area contributed by atoms with Crippen molar-refractivity contribution in [1.82, 2.24) is 0 Å². The van der Waals surface area contributed by atoms with E-state index in [-0.39, 0.29) is 11.2 Å². The van der Waals surface area contributed by atoms with Crippen molar-refractivity contribution in [2.24, 2.45) is 17.1 Å². The first-order valence-electron chi connectivity index (χ1n) is 5.44. The molecule has 1 aromatic rings. The van der Waals surface area contributed by atoms with E-state index >= 15 is 0 Å². The second-order valence-corrected chi connectivity index (χ2v) is 5.15. The van der Waals surface area contributed by atoms with Crippen LogP contribution in [0.1, 0.15) is 30.9 Å². The van der Waals surface area contributed by atoms with Gasteiger partial charge in [0, 0.05) is 0 Å². The fourth-order valence-corrected chi connectivity index (χ4v) is 2.71. The summed E-state index contributed by atoms with van der Waals surface area (Å²) in [5.74, 6) is 0.922. The van der Waals surface area contributed by atoms with Gasteiger partial charge < -0.3 is 5.73 Å². The van der Waals surface area contributed by atoms with Gasteiger partial charge in [0.15, 0.2) is 0 Å². The molecular weight excluding hydrogens is 189 g/mol. The summed E-state index contributed by atoms with van der Waals surface area (Å²) in [5.41, 5.74) is 7.97. The fraction of sp³-hybridized carbons (Fsp3) is 0.538. The molecule has 15 heavy (non-hydrogen) atoms. The topological polar surface area (TPSA) is 26.0 Å². The third-order valence-corrected chi connectivity index (χ3v) is 3.85. The summed E-state index contributed by atoms with van der Waals surface area (Å²) in [6.45, 7) is 6.99. The first kappa shape index (κ1) is 10.6. The van der Waals surface area contributed by atoms with Crippen LogP contribution in [-0.4, -0.2) is 6.54 Å². The predicted molar refractivity (Wildman–Crippen MR) is 60.2 cm³/mol. The van der Waals surface area contributed by atoms with Gasteiger partial charge in [-0.15, -0.1) is 0 Å². The minimum Gasteiger partial charge on any atom is -0.330 e. The normalized spacial score (nSPS) is 27.8. The lowest BCUT2D eigenvalue weighted by Crippen LogP contribution is -2.05. The molecule has 1 aliphatic rings. The molecule has 1 aromatic carbocycles. The largest absolute Gasteiger partial charge is 0.330 e. The van der Waals surface area contributed by atoms with Crippen molar-refractivity contribution in [2.75, 3.05) is 6.54 Å². The monoisotopic (exact) mass is 207 g/mol. The highest BCUT2D eigenvalue weighted by molar-refractivity contribution is 5.35. The van der Waals surface area contributed by atoms with Crippen LogP contribution in [0.25, 0.3) is 0 Å². The summed E-state index contributed by atoms with van der Waals surface area (Å²) in [4.78, 5) is 0. The minimum atomic E-state index is -0.124. The van der Waals surface area contributed by atoms with E-state index in [1.165, 1.54) is 5.56 Å². The van der Waals surface area contributed by atoms with Crippen LogP contribution in [-0.2, 0) is 0 Å². The van der Waals surface area contributed by atoms with Gasteiger partial charge in [0.25, 0.3) is 0 Å². The number of halogens is 1. The van der Waals surface area contributed by atoms with Gasteiger partial charge in [-0.05, 0) is 47.9 Å². The molecule has 0 aromatic heterocycles. The molecule has 1 fully saturated rings. The zero-order valence-corrected chi connectivity index (χ0v) is 9.55. The van der Waals surface area contributed by atoms with Crippen LogP contribution < -0.4 is 5.73 Å². The molecule has 0 saturated heterocycles. The van der Waals surface area contributed by atoms with Gasteiger partial charge in [0.05, 0.1) is 0 Å². The lowest BCUT2D eigenvalue weighted by Gasteiger charge is -2.04. The Morgan fingerprint density at radius 3 is 2.53 bits per heavy atom. The molecule has 0 aliphatic heterocycles. The summed E-state index contributed by atoms with van der Waals surface area (Å²) >= 11 is 0. The standard InChI is InChI=1S/C13H18FN/c1-8-6-9(4-5-11(8)14)12-10(7-15)13(12,2)3/h4-6,10,12H,7,15H2,1-3H3/t10-,12-/m0/s1. The van der Waals surface area contributed by atoms with Crippen molar-refractivity contribution in [3.05, 3.63) is 35.1 Å². The Morgan fingerprint density at radius 1 is 1.40 bits per heavy atom. The molecule has 1 aliphatic carbocycles. The van der Waals surface area contributed by atoms with Gasteiger partial charge in [-0.1, -0.05) is 26.0 Å². The maximum absolute atomic E-state index is 13.1. The maximum atomic E-state index is 13.1. The molecule has 82 valence electrons. The molecule has 1 saturated carbocycles. The summed E-state index contributed by atoms with van der Waals surface area (Å²) in [7, 11) is 0. The highest BCUT2D eigenvalue weighted by atomic mass is 19.1. The molecule has 0 spiro atoms. The van der Waals surface area contributed by atoms with E-state index in [1.807, 2.05) is 19.1 Å². The number of aryl methyl sites for hydroxylation is 1. The zero-order chi connectivity index (χ0) is 11.2. The molecule has 0 heterocycles. The average molecular weight is 207 g/mol. The molecular formula is C13H18FN. The van der Waals surface area contributed by atoms with Crippen molar-refractivity contribution in [1.29, 1.82) is 0 Å². The van der Waals surface area contributed by atoms with Gasteiger partial charge in [-0.2, -0.15) is 0 Å². The van der Waals surface area contributed by atoms with Crippen molar-refractivity contribution in [2.45, 2.75) is 26.7 Å². The SMILES string of the molecule is Cc1cc([C@H]2[C@H](CN)C2(C)C)ccc1F. The van der Waals surface area contributed by atoms with Gasteiger partial charge >= 0.3 is 0 Å². The molecule has 0 unspecified atom stereocenters. The van der Waals surface area contributed by atoms with E-state index < -0.39 is 0 Å². The summed E-state index contributed by atoms with van der Waals surface area (Å²) in [5, 5.41) is 0. The Balaban J connectivity index is 2.29. The second-order valence-electron chi connectivity index (χ2n) is 5.15. The third kappa shape index (κ3) is 1.57. The van der Waals surface area contributed by atoms with Gasteiger partial charge in [-0.3, -0.25) is 0 Å². The Morgan fingerprint density at radius 2 is 2.07 bits per heavy atom. The van der Waals surface area contributed by atoms with Crippen LogP contribution in [0.4, 0.5) is 4.39 Å². The van der Waals surface area contributed by atoms with Gasteiger partial charge in [0.2, 0.25) is 0 Å². The van der Waals surface area contributed by atoms with Crippen LogP contribution >= 0.6 is 0 Å². The number of benzene rings is 1. The van der Waals surface area contributed by atoms with Crippen molar-refractivity contribution in [3.63, 3.8) is 0 Å². The lowest BCUT2D eigenvalue weighted by atomic mass is 10.0. The van der Waals surface area contributed by atoms with Crippen LogP contribution in [0.3, 0.4) is 0 Å². The highest BCUT2D eigenvalue weighted by Crippen LogP contribution is 2.63. The van der Waals surface area contributed by atoms with Crippen LogP contribution in [0.5, 0.6) is 0 Å².